The molecule has 3 heterocycles. The van der Waals surface area contributed by atoms with Crippen molar-refractivity contribution in [1.82, 2.24) is 24.3 Å². The van der Waals surface area contributed by atoms with Gasteiger partial charge in [-0.1, -0.05) is 11.6 Å². The maximum absolute atomic E-state index is 6.11. The van der Waals surface area contributed by atoms with Crippen LogP contribution in [0.15, 0.2) is 29.3 Å². The lowest BCUT2D eigenvalue weighted by Gasteiger charge is -1.88. The maximum atomic E-state index is 6.11. The predicted molar refractivity (Wildman–Crippen MR) is 61.1 cm³/mol. The van der Waals surface area contributed by atoms with E-state index >= 15 is 0 Å². The minimum Gasteiger partial charge on any atom is -0.280 e. The average molecular weight is 253 g/mol. The van der Waals surface area contributed by atoms with E-state index in [2.05, 4.69) is 20.3 Å². The molecule has 0 spiro atoms. The minimum absolute atomic E-state index is 0.549. The van der Waals surface area contributed by atoms with E-state index in [1.807, 2.05) is 11.6 Å². The van der Waals surface area contributed by atoms with Gasteiger partial charge in [-0.05, 0) is 0 Å². The third-order valence-corrected chi connectivity index (χ3v) is 3.08. The smallest absolute Gasteiger partial charge is 0.195 e. The van der Waals surface area contributed by atoms with Crippen LogP contribution in [0.4, 0.5) is 0 Å². The van der Waals surface area contributed by atoms with E-state index in [9.17, 15) is 0 Å². The zero-order chi connectivity index (χ0) is 11.0. The Morgan fingerprint density at radius 2 is 2.19 bits per heavy atom. The number of nitrogens with zero attached hydrogens (tertiary/aromatic N) is 6. The normalized spacial score (nSPS) is 11.8. The molecule has 0 N–H and O–H groups in total. The lowest BCUT2D eigenvalue weighted by atomic mass is 10.5. The first-order chi connectivity index (χ1) is 7.84. The van der Waals surface area contributed by atoms with Gasteiger partial charge in [0.2, 0.25) is 0 Å². The summed E-state index contributed by atoms with van der Waals surface area (Å²) in [5.74, 6) is 0. The summed E-state index contributed by atoms with van der Waals surface area (Å²) in [6, 6.07) is 0. The summed E-state index contributed by atoms with van der Waals surface area (Å²) in [7, 11) is 0. The first-order valence-electron chi connectivity index (χ1n) is 4.34. The van der Waals surface area contributed by atoms with Crippen molar-refractivity contribution in [3.8, 4) is 0 Å². The van der Waals surface area contributed by atoms with Crippen LogP contribution in [0.1, 0.15) is 5.69 Å². The van der Waals surface area contributed by atoms with E-state index in [-0.39, 0.29) is 0 Å². The van der Waals surface area contributed by atoms with Crippen LogP contribution in [0.3, 0.4) is 0 Å². The highest BCUT2D eigenvalue weighted by molar-refractivity contribution is 7.15. The molecule has 0 amide bonds. The molecule has 3 rings (SSSR count). The molecule has 0 aromatic carbocycles. The van der Waals surface area contributed by atoms with Gasteiger partial charge in [-0.2, -0.15) is 5.10 Å². The largest absolute Gasteiger partial charge is 0.280 e. The molecule has 3 aromatic rings. The number of hydrogen-bond donors (Lipinski definition) is 0. The molecule has 0 aliphatic carbocycles. The molecule has 80 valence electrons. The third-order valence-electron chi connectivity index (χ3n) is 1.95. The molecule has 0 saturated carbocycles. The topological polar surface area (TPSA) is 60.4 Å². The minimum atomic E-state index is 0.549. The highest BCUT2D eigenvalue weighted by Crippen LogP contribution is 2.20. The Hall–Kier alpha value is -1.73. The Balaban J connectivity index is 2.00. The van der Waals surface area contributed by atoms with E-state index in [0.29, 0.717) is 10.8 Å². The van der Waals surface area contributed by atoms with Gasteiger partial charge in [0.25, 0.3) is 0 Å². The fourth-order valence-corrected chi connectivity index (χ4v) is 2.23. The van der Waals surface area contributed by atoms with Crippen LogP contribution in [0, 0.1) is 0 Å². The Bertz CT molecular complexity index is 637. The van der Waals surface area contributed by atoms with Crippen molar-refractivity contribution in [3.05, 3.63) is 35.1 Å². The maximum Gasteiger partial charge on any atom is 0.195 e. The molecule has 0 aliphatic heterocycles. The number of imidazole rings is 1. The number of rotatable bonds is 2. The standard InChI is InChI=1S/C8H5ClN6S/c9-7-6(3-12-14-4-10-11-5-14)13-8-15(7)1-2-16-8/h1-5H. The average Bonchev–Trinajstić information content (AvgIpc) is 2.96. The Morgan fingerprint density at radius 3 is 2.94 bits per heavy atom. The zero-order valence-corrected chi connectivity index (χ0v) is 9.43. The summed E-state index contributed by atoms with van der Waals surface area (Å²) in [4.78, 5) is 5.16. The van der Waals surface area contributed by atoms with Crippen molar-refractivity contribution in [2.45, 2.75) is 0 Å². The molecule has 8 heteroatoms. The van der Waals surface area contributed by atoms with Gasteiger partial charge in [-0.25, -0.2) is 9.66 Å². The van der Waals surface area contributed by atoms with Crippen LogP contribution in [-0.4, -0.2) is 30.5 Å². The highest BCUT2D eigenvalue weighted by Gasteiger charge is 2.08. The quantitative estimate of drug-likeness (QED) is 0.650. The summed E-state index contributed by atoms with van der Waals surface area (Å²) in [6.07, 6.45) is 6.42. The van der Waals surface area contributed by atoms with Crippen molar-refractivity contribution in [1.29, 1.82) is 0 Å². The number of hydrogen-bond acceptors (Lipinski definition) is 5. The predicted octanol–water partition coefficient (Wildman–Crippen LogP) is 1.52. The molecule has 6 nitrogen and oxygen atoms in total. The Kier molecular flexibility index (Phi) is 2.19. The molecule has 0 bridgehead atoms. The fourth-order valence-electron chi connectivity index (χ4n) is 1.23. The van der Waals surface area contributed by atoms with Gasteiger partial charge in [-0.15, -0.1) is 21.5 Å². The van der Waals surface area contributed by atoms with Crippen molar-refractivity contribution >= 4 is 34.1 Å². The van der Waals surface area contributed by atoms with E-state index in [1.165, 1.54) is 28.7 Å². The lowest BCUT2D eigenvalue weighted by molar-refractivity contribution is 0.877. The summed E-state index contributed by atoms with van der Waals surface area (Å²) in [6.45, 7) is 0. The number of halogens is 1. The highest BCUT2D eigenvalue weighted by atomic mass is 35.5. The van der Waals surface area contributed by atoms with Crippen LogP contribution in [0.25, 0.3) is 4.96 Å². The van der Waals surface area contributed by atoms with Crippen LogP contribution in [0.2, 0.25) is 5.15 Å². The van der Waals surface area contributed by atoms with Crippen molar-refractivity contribution < 1.29 is 0 Å². The zero-order valence-electron chi connectivity index (χ0n) is 7.86. The first kappa shape index (κ1) is 9.49. The van der Waals surface area contributed by atoms with E-state index in [0.717, 1.165) is 4.96 Å². The van der Waals surface area contributed by atoms with Crippen LogP contribution < -0.4 is 0 Å². The lowest BCUT2D eigenvalue weighted by Crippen LogP contribution is -1.88. The van der Waals surface area contributed by atoms with Gasteiger partial charge < -0.3 is 0 Å². The van der Waals surface area contributed by atoms with Crippen LogP contribution in [0.5, 0.6) is 0 Å². The molecular weight excluding hydrogens is 248 g/mol. The molecule has 16 heavy (non-hydrogen) atoms. The SMILES string of the molecule is Clc1c(C=Nn2cnnc2)nc2sccn12. The summed E-state index contributed by atoms with van der Waals surface area (Å²) >= 11 is 7.63. The second-order valence-corrected chi connectivity index (χ2v) is 4.16. The van der Waals surface area contributed by atoms with Crippen molar-refractivity contribution in [3.63, 3.8) is 0 Å². The fraction of sp³-hybridized carbons (Fsp3) is 0. The van der Waals surface area contributed by atoms with Gasteiger partial charge in [0.1, 0.15) is 23.5 Å². The van der Waals surface area contributed by atoms with Gasteiger partial charge >= 0.3 is 0 Å². The molecule has 0 unspecified atom stereocenters. The van der Waals surface area contributed by atoms with E-state index in [1.54, 1.807) is 10.6 Å². The van der Waals surface area contributed by atoms with Crippen molar-refractivity contribution in [2.75, 3.05) is 0 Å². The molecular formula is C8H5ClN6S. The molecule has 0 fully saturated rings. The molecule has 0 atom stereocenters. The summed E-state index contributed by atoms with van der Waals surface area (Å²) in [5.41, 5.74) is 0.627. The number of fused-ring (bicyclic) bond motifs is 1. The summed E-state index contributed by atoms with van der Waals surface area (Å²) < 4.78 is 3.28. The molecule has 3 aromatic heterocycles. The molecule has 0 radical (unpaired) electrons. The van der Waals surface area contributed by atoms with Crippen LogP contribution >= 0.6 is 22.9 Å². The number of aromatic nitrogens is 5. The third kappa shape index (κ3) is 1.50. The Morgan fingerprint density at radius 1 is 1.38 bits per heavy atom. The first-order valence-corrected chi connectivity index (χ1v) is 5.60. The van der Waals surface area contributed by atoms with Gasteiger partial charge in [0.05, 0.1) is 6.21 Å². The Labute approximate surface area is 98.8 Å². The summed E-state index contributed by atoms with van der Waals surface area (Å²) in [5, 5.41) is 13.8. The van der Waals surface area contributed by atoms with E-state index < -0.39 is 0 Å². The van der Waals surface area contributed by atoms with Crippen LogP contribution in [-0.2, 0) is 0 Å². The molecule has 0 aliphatic rings. The second kappa shape index (κ2) is 3.69. The van der Waals surface area contributed by atoms with Gasteiger partial charge in [0.15, 0.2) is 4.96 Å². The second-order valence-electron chi connectivity index (χ2n) is 2.93. The van der Waals surface area contributed by atoms with Gasteiger partial charge in [-0.3, -0.25) is 4.40 Å². The van der Waals surface area contributed by atoms with E-state index in [4.69, 9.17) is 11.6 Å². The monoisotopic (exact) mass is 252 g/mol. The van der Waals surface area contributed by atoms with Crippen molar-refractivity contribution in [2.24, 2.45) is 5.10 Å². The van der Waals surface area contributed by atoms with Gasteiger partial charge in [0, 0.05) is 11.6 Å². The number of thiazole rings is 1. The molecule has 0 saturated heterocycles.